The van der Waals surface area contributed by atoms with Crippen molar-refractivity contribution in [1.82, 2.24) is 14.5 Å². The summed E-state index contributed by atoms with van der Waals surface area (Å²) in [5.74, 6) is 0.184. The summed E-state index contributed by atoms with van der Waals surface area (Å²) in [5, 5.41) is 6.16. The SMILES string of the molecule is COCCn1c(-c2ccc(C)cc2)cnc1SCC(=O)Nc1nc(C)cs1. The van der Waals surface area contributed by atoms with Crippen LogP contribution in [0.2, 0.25) is 0 Å². The monoisotopic (exact) mass is 402 g/mol. The van der Waals surface area contributed by atoms with E-state index in [-0.39, 0.29) is 11.7 Å². The van der Waals surface area contributed by atoms with Crippen molar-refractivity contribution in [3.8, 4) is 11.3 Å². The summed E-state index contributed by atoms with van der Waals surface area (Å²) in [4.78, 5) is 21.0. The van der Waals surface area contributed by atoms with Crippen molar-refractivity contribution >= 4 is 34.1 Å². The minimum Gasteiger partial charge on any atom is -0.383 e. The average Bonchev–Trinajstić information content (AvgIpc) is 3.24. The summed E-state index contributed by atoms with van der Waals surface area (Å²) in [6, 6.07) is 8.34. The number of hydrogen-bond acceptors (Lipinski definition) is 6. The normalized spacial score (nSPS) is 10.9. The minimum atomic E-state index is -0.0903. The highest BCUT2D eigenvalue weighted by Crippen LogP contribution is 2.26. The average molecular weight is 403 g/mol. The maximum Gasteiger partial charge on any atom is 0.236 e. The van der Waals surface area contributed by atoms with E-state index in [1.54, 1.807) is 7.11 Å². The van der Waals surface area contributed by atoms with Crippen LogP contribution in [0.4, 0.5) is 5.13 Å². The maximum absolute atomic E-state index is 12.2. The third-order valence-corrected chi connectivity index (χ3v) is 5.75. The molecule has 0 fully saturated rings. The van der Waals surface area contributed by atoms with Gasteiger partial charge in [-0.15, -0.1) is 11.3 Å². The van der Waals surface area contributed by atoms with Crippen LogP contribution in [0.25, 0.3) is 11.3 Å². The van der Waals surface area contributed by atoms with Gasteiger partial charge in [-0.2, -0.15) is 0 Å². The lowest BCUT2D eigenvalue weighted by molar-refractivity contribution is -0.113. The van der Waals surface area contributed by atoms with Crippen molar-refractivity contribution in [2.24, 2.45) is 0 Å². The molecule has 1 N–H and O–H groups in total. The van der Waals surface area contributed by atoms with Gasteiger partial charge in [0.25, 0.3) is 0 Å². The smallest absolute Gasteiger partial charge is 0.236 e. The van der Waals surface area contributed by atoms with Crippen molar-refractivity contribution in [3.63, 3.8) is 0 Å². The number of carbonyl (C=O) groups excluding carboxylic acids is 1. The van der Waals surface area contributed by atoms with E-state index in [0.29, 0.717) is 18.3 Å². The Kier molecular flexibility index (Phi) is 6.65. The zero-order chi connectivity index (χ0) is 19.2. The molecule has 0 saturated carbocycles. The molecule has 0 spiro atoms. The molecule has 0 bridgehead atoms. The van der Waals surface area contributed by atoms with Crippen LogP contribution in [-0.2, 0) is 16.1 Å². The van der Waals surface area contributed by atoms with Gasteiger partial charge in [-0.3, -0.25) is 4.79 Å². The first-order valence-electron chi connectivity index (χ1n) is 8.53. The fraction of sp³-hybridized carbons (Fsp3) is 0.316. The third-order valence-electron chi connectivity index (χ3n) is 3.88. The summed E-state index contributed by atoms with van der Waals surface area (Å²) in [5.41, 5.74) is 4.23. The Morgan fingerprint density at radius 2 is 2.07 bits per heavy atom. The first-order chi connectivity index (χ1) is 13.1. The van der Waals surface area contributed by atoms with Crippen molar-refractivity contribution in [2.45, 2.75) is 25.5 Å². The number of anilines is 1. The molecule has 0 aliphatic heterocycles. The van der Waals surface area contributed by atoms with Crippen LogP contribution in [-0.4, -0.2) is 39.9 Å². The van der Waals surface area contributed by atoms with Crippen LogP contribution in [0, 0.1) is 13.8 Å². The zero-order valence-corrected chi connectivity index (χ0v) is 17.2. The quantitative estimate of drug-likeness (QED) is 0.577. The Balaban J connectivity index is 1.72. The number of imidazole rings is 1. The second kappa shape index (κ2) is 9.16. The predicted molar refractivity (Wildman–Crippen MR) is 110 cm³/mol. The van der Waals surface area contributed by atoms with Gasteiger partial charge in [-0.05, 0) is 19.4 Å². The van der Waals surface area contributed by atoms with Crippen molar-refractivity contribution < 1.29 is 9.53 Å². The Bertz CT molecular complexity index is 903. The van der Waals surface area contributed by atoms with E-state index in [1.165, 1.54) is 28.7 Å². The van der Waals surface area contributed by atoms with Gasteiger partial charge in [-0.25, -0.2) is 9.97 Å². The molecule has 0 saturated heterocycles. The molecule has 1 amide bonds. The van der Waals surface area contributed by atoms with Crippen LogP contribution in [0.3, 0.4) is 0 Å². The third kappa shape index (κ3) is 5.18. The Morgan fingerprint density at radius 1 is 1.30 bits per heavy atom. The number of thiazole rings is 1. The van der Waals surface area contributed by atoms with Crippen molar-refractivity contribution in [2.75, 3.05) is 24.8 Å². The Labute approximate surface area is 167 Å². The van der Waals surface area contributed by atoms with Crippen LogP contribution < -0.4 is 5.32 Å². The summed E-state index contributed by atoms with van der Waals surface area (Å²) < 4.78 is 7.34. The highest BCUT2D eigenvalue weighted by Gasteiger charge is 2.14. The number of amides is 1. The summed E-state index contributed by atoms with van der Waals surface area (Å²) in [6.45, 7) is 5.22. The first kappa shape index (κ1) is 19.6. The van der Waals surface area contributed by atoms with Gasteiger partial charge in [0.1, 0.15) is 0 Å². The molecule has 3 rings (SSSR count). The molecule has 0 aliphatic rings. The van der Waals surface area contributed by atoms with Gasteiger partial charge in [0.15, 0.2) is 10.3 Å². The molecular weight excluding hydrogens is 380 g/mol. The van der Waals surface area contributed by atoms with E-state index < -0.39 is 0 Å². The highest BCUT2D eigenvalue weighted by molar-refractivity contribution is 7.99. The molecule has 6 nitrogen and oxygen atoms in total. The number of carbonyl (C=O) groups is 1. The Hall–Kier alpha value is -2.16. The van der Waals surface area contributed by atoms with Gasteiger partial charge < -0.3 is 14.6 Å². The van der Waals surface area contributed by atoms with Crippen molar-refractivity contribution in [3.05, 3.63) is 47.1 Å². The fourth-order valence-electron chi connectivity index (χ4n) is 2.52. The highest BCUT2D eigenvalue weighted by atomic mass is 32.2. The maximum atomic E-state index is 12.2. The summed E-state index contributed by atoms with van der Waals surface area (Å²) in [7, 11) is 1.68. The number of benzene rings is 1. The topological polar surface area (TPSA) is 69.0 Å². The lowest BCUT2D eigenvalue weighted by Gasteiger charge is -2.11. The number of aromatic nitrogens is 3. The van der Waals surface area contributed by atoms with Gasteiger partial charge >= 0.3 is 0 Å². The standard InChI is InChI=1S/C19H22N4O2S2/c1-13-4-6-15(7-5-13)16-10-20-19(23(16)8-9-25-3)27-12-17(24)22-18-21-14(2)11-26-18/h4-7,10-11H,8-9,12H2,1-3H3,(H,21,22,24). The van der Waals surface area contributed by atoms with Crippen LogP contribution in [0.15, 0.2) is 41.0 Å². The van der Waals surface area contributed by atoms with E-state index in [0.717, 1.165) is 22.1 Å². The molecule has 0 aliphatic carbocycles. The molecule has 0 atom stereocenters. The van der Waals surface area contributed by atoms with Crippen molar-refractivity contribution in [1.29, 1.82) is 0 Å². The number of methoxy groups -OCH3 is 1. The molecule has 3 aromatic rings. The number of nitrogens with zero attached hydrogens (tertiary/aromatic N) is 3. The molecule has 0 radical (unpaired) electrons. The van der Waals surface area contributed by atoms with Crippen LogP contribution in [0.1, 0.15) is 11.3 Å². The number of ether oxygens (including phenoxy) is 1. The van der Waals surface area contributed by atoms with Gasteiger partial charge in [0.2, 0.25) is 5.91 Å². The lowest BCUT2D eigenvalue weighted by atomic mass is 10.1. The first-order valence-corrected chi connectivity index (χ1v) is 10.4. The number of hydrogen-bond donors (Lipinski definition) is 1. The molecule has 1 aromatic carbocycles. The summed E-state index contributed by atoms with van der Waals surface area (Å²) in [6.07, 6.45) is 1.85. The van der Waals surface area contributed by atoms with E-state index >= 15 is 0 Å². The van der Waals surface area contributed by atoms with Gasteiger partial charge in [-0.1, -0.05) is 41.6 Å². The van der Waals surface area contributed by atoms with Gasteiger partial charge in [0, 0.05) is 19.0 Å². The Morgan fingerprint density at radius 3 is 2.74 bits per heavy atom. The second-order valence-electron chi connectivity index (χ2n) is 6.07. The zero-order valence-electron chi connectivity index (χ0n) is 15.6. The molecule has 2 heterocycles. The van der Waals surface area contributed by atoms with E-state index in [4.69, 9.17) is 4.74 Å². The molecular formula is C19H22N4O2S2. The number of thioether (sulfide) groups is 1. The lowest BCUT2D eigenvalue weighted by Crippen LogP contribution is -2.15. The second-order valence-corrected chi connectivity index (χ2v) is 7.87. The fourth-order valence-corrected chi connectivity index (χ4v) is 4.03. The predicted octanol–water partition coefficient (Wildman–Crippen LogP) is 4.00. The van der Waals surface area contributed by atoms with Crippen LogP contribution >= 0.6 is 23.1 Å². The van der Waals surface area contributed by atoms with Gasteiger partial charge in [0.05, 0.1) is 29.9 Å². The number of rotatable bonds is 8. The number of aryl methyl sites for hydroxylation is 2. The summed E-state index contributed by atoms with van der Waals surface area (Å²) >= 11 is 2.84. The van der Waals surface area contributed by atoms with E-state index in [9.17, 15) is 4.79 Å². The van der Waals surface area contributed by atoms with Crippen LogP contribution in [0.5, 0.6) is 0 Å². The van der Waals surface area contributed by atoms with E-state index in [2.05, 4.69) is 51.0 Å². The van der Waals surface area contributed by atoms with E-state index in [1.807, 2.05) is 18.5 Å². The number of nitrogens with one attached hydrogen (secondary N) is 1. The molecule has 2 aromatic heterocycles. The molecule has 27 heavy (non-hydrogen) atoms. The molecule has 142 valence electrons. The molecule has 0 unspecified atom stereocenters. The largest absolute Gasteiger partial charge is 0.383 e. The molecule has 8 heteroatoms. The minimum absolute atomic E-state index is 0.0903.